The van der Waals surface area contributed by atoms with Gasteiger partial charge in [-0.15, -0.1) is 0 Å². The second-order valence-corrected chi connectivity index (χ2v) is 6.15. The molecular formula is C18H29NO3. The molecule has 1 saturated heterocycles. The predicted molar refractivity (Wildman–Crippen MR) is 88.2 cm³/mol. The Labute approximate surface area is 133 Å². The number of aliphatic hydroxyl groups is 2. The Morgan fingerprint density at radius 3 is 3.00 bits per heavy atom. The van der Waals surface area contributed by atoms with Gasteiger partial charge in [-0.25, -0.2) is 0 Å². The molecule has 1 heterocycles. The summed E-state index contributed by atoms with van der Waals surface area (Å²) in [7, 11) is 0. The van der Waals surface area contributed by atoms with E-state index < -0.39 is 0 Å². The second-order valence-electron chi connectivity index (χ2n) is 6.15. The van der Waals surface area contributed by atoms with Crippen molar-refractivity contribution in [2.24, 2.45) is 0 Å². The number of aliphatic hydroxyl groups excluding tert-OH is 2. The molecular weight excluding hydrogens is 278 g/mol. The highest BCUT2D eigenvalue weighted by Crippen LogP contribution is 2.19. The number of ether oxygens (including phenoxy) is 1. The first kappa shape index (κ1) is 17.3. The maximum atomic E-state index is 9.68. The summed E-state index contributed by atoms with van der Waals surface area (Å²) in [5, 5.41) is 19.1. The van der Waals surface area contributed by atoms with Gasteiger partial charge in [0.25, 0.3) is 0 Å². The molecule has 0 saturated carbocycles. The summed E-state index contributed by atoms with van der Waals surface area (Å²) in [6.07, 6.45) is 4.35. The standard InChI is InChI=1S/C18H29NO3/c1-2-11-22-18-7-3-5-15(12-18)6-4-9-19-10-8-17(21)13-16(19)14-20/h3,5,7,12,16-17,20-21H,2,4,6,8-11,13-14H2,1H3/t16-,17+/m0/s1. The van der Waals surface area contributed by atoms with Crippen LogP contribution in [0.3, 0.4) is 0 Å². The largest absolute Gasteiger partial charge is 0.494 e. The van der Waals surface area contributed by atoms with Crippen molar-refractivity contribution in [1.29, 1.82) is 0 Å². The van der Waals surface area contributed by atoms with Crippen LogP contribution in [-0.2, 0) is 6.42 Å². The van der Waals surface area contributed by atoms with Crippen LogP contribution in [0.15, 0.2) is 24.3 Å². The lowest BCUT2D eigenvalue weighted by Crippen LogP contribution is -2.46. The zero-order valence-corrected chi connectivity index (χ0v) is 13.6. The van der Waals surface area contributed by atoms with Crippen LogP contribution in [0.25, 0.3) is 0 Å². The summed E-state index contributed by atoms with van der Waals surface area (Å²) in [5.41, 5.74) is 1.30. The number of hydrogen-bond acceptors (Lipinski definition) is 4. The van der Waals surface area contributed by atoms with E-state index in [0.717, 1.165) is 51.1 Å². The average Bonchev–Trinajstić information content (AvgIpc) is 2.54. The Morgan fingerprint density at radius 2 is 2.23 bits per heavy atom. The van der Waals surface area contributed by atoms with E-state index in [1.165, 1.54) is 5.56 Å². The van der Waals surface area contributed by atoms with Crippen LogP contribution in [0.4, 0.5) is 0 Å². The van der Waals surface area contributed by atoms with E-state index >= 15 is 0 Å². The Kier molecular flexibility index (Phi) is 7.16. The molecule has 0 amide bonds. The summed E-state index contributed by atoms with van der Waals surface area (Å²) in [5.74, 6) is 0.952. The monoisotopic (exact) mass is 307 g/mol. The molecule has 1 fully saturated rings. The van der Waals surface area contributed by atoms with Crippen molar-refractivity contribution in [1.82, 2.24) is 4.90 Å². The minimum atomic E-state index is -0.249. The topological polar surface area (TPSA) is 52.9 Å². The van der Waals surface area contributed by atoms with Crippen LogP contribution in [0.1, 0.15) is 38.2 Å². The number of nitrogens with zero attached hydrogens (tertiary/aromatic N) is 1. The average molecular weight is 307 g/mol. The SMILES string of the molecule is CCCOc1cccc(CCCN2CC[C@@H](O)C[C@H]2CO)c1. The van der Waals surface area contributed by atoms with E-state index in [1.54, 1.807) is 0 Å². The van der Waals surface area contributed by atoms with Crippen molar-refractivity contribution in [3.63, 3.8) is 0 Å². The third kappa shape index (κ3) is 5.27. The third-order valence-corrected chi connectivity index (χ3v) is 4.30. The van der Waals surface area contributed by atoms with Crippen molar-refractivity contribution in [2.75, 3.05) is 26.3 Å². The van der Waals surface area contributed by atoms with E-state index in [4.69, 9.17) is 4.74 Å². The Balaban J connectivity index is 1.78. The number of rotatable bonds is 8. The van der Waals surface area contributed by atoms with Gasteiger partial charge in [0.05, 0.1) is 19.3 Å². The highest BCUT2D eigenvalue weighted by molar-refractivity contribution is 5.28. The molecule has 0 radical (unpaired) electrons. The van der Waals surface area contributed by atoms with E-state index in [1.807, 2.05) is 12.1 Å². The molecule has 1 aliphatic rings. The van der Waals surface area contributed by atoms with Gasteiger partial charge in [0.1, 0.15) is 5.75 Å². The van der Waals surface area contributed by atoms with Crippen LogP contribution in [-0.4, -0.2) is 53.6 Å². The maximum Gasteiger partial charge on any atom is 0.119 e. The lowest BCUT2D eigenvalue weighted by Gasteiger charge is -2.36. The van der Waals surface area contributed by atoms with Gasteiger partial charge in [0.2, 0.25) is 0 Å². The molecule has 1 aromatic carbocycles. The molecule has 4 heteroatoms. The molecule has 0 aromatic heterocycles. The minimum absolute atomic E-state index is 0.114. The van der Waals surface area contributed by atoms with Crippen LogP contribution >= 0.6 is 0 Å². The van der Waals surface area contributed by atoms with Gasteiger partial charge in [-0.05, 0) is 56.3 Å². The predicted octanol–water partition coefficient (Wildman–Crippen LogP) is 2.23. The molecule has 124 valence electrons. The first-order valence-corrected chi connectivity index (χ1v) is 8.47. The molecule has 2 atom stereocenters. The number of piperidine rings is 1. The lowest BCUT2D eigenvalue weighted by molar-refractivity contribution is 0.0167. The van der Waals surface area contributed by atoms with Gasteiger partial charge in [-0.1, -0.05) is 19.1 Å². The second kappa shape index (κ2) is 9.13. The fourth-order valence-electron chi connectivity index (χ4n) is 3.06. The molecule has 2 N–H and O–H groups in total. The van der Waals surface area contributed by atoms with E-state index in [9.17, 15) is 10.2 Å². The van der Waals surface area contributed by atoms with Crippen LogP contribution in [0.2, 0.25) is 0 Å². The minimum Gasteiger partial charge on any atom is -0.494 e. The molecule has 0 bridgehead atoms. The van der Waals surface area contributed by atoms with Crippen LogP contribution in [0.5, 0.6) is 5.75 Å². The smallest absolute Gasteiger partial charge is 0.119 e. The molecule has 0 spiro atoms. The molecule has 0 aliphatic carbocycles. The molecule has 4 nitrogen and oxygen atoms in total. The summed E-state index contributed by atoms with van der Waals surface area (Å²) in [6, 6.07) is 8.44. The maximum absolute atomic E-state index is 9.68. The Hall–Kier alpha value is -1.10. The summed E-state index contributed by atoms with van der Waals surface area (Å²) in [4.78, 5) is 2.31. The lowest BCUT2D eigenvalue weighted by atomic mass is 9.99. The van der Waals surface area contributed by atoms with Crippen molar-refractivity contribution in [3.05, 3.63) is 29.8 Å². The molecule has 0 unspecified atom stereocenters. The third-order valence-electron chi connectivity index (χ3n) is 4.30. The number of aryl methyl sites for hydroxylation is 1. The summed E-state index contributed by atoms with van der Waals surface area (Å²) >= 11 is 0. The zero-order valence-electron chi connectivity index (χ0n) is 13.6. The van der Waals surface area contributed by atoms with E-state index in [0.29, 0.717) is 6.42 Å². The van der Waals surface area contributed by atoms with Gasteiger partial charge < -0.3 is 14.9 Å². The van der Waals surface area contributed by atoms with Gasteiger partial charge in [-0.2, -0.15) is 0 Å². The van der Waals surface area contributed by atoms with Crippen molar-refractivity contribution < 1.29 is 14.9 Å². The Bertz CT molecular complexity index is 438. The molecule has 2 rings (SSSR count). The van der Waals surface area contributed by atoms with E-state index in [-0.39, 0.29) is 18.8 Å². The highest BCUT2D eigenvalue weighted by atomic mass is 16.5. The van der Waals surface area contributed by atoms with Gasteiger partial charge in [0, 0.05) is 12.6 Å². The molecule has 1 aliphatic heterocycles. The number of hydrogen-bond donors (Lipinski definition) is 2. The zero-order chi connectivity index (χ0) is 15.8. The first-order valence-electron chi connectivity index (χ1n) is 8.47. The van der Waals surface area contributed by atoms with Gasteiger partial charge >= 0.3 is 0 Å². The van der Waals surface area contributed by atoms with Crippen molar-refractivity contribution in [2.45, 2.75) is 51.2 Å². The summed E-state index contributed by atoms with van der Waals surface area (Å²) < 4.78 is 5.67. The molecule has 22 heavy (non-hydrogen) atoms. The van der Waals surface area contributed by atoms with Crippen molar-refractivity contribution in [3.8, 4) is 5.75 Å². The quantitative estimate of drug-likeness (QED) is 0.773. The molecule has 1 aromatic rings. The van der Waals surface area contributed by atoms with Crippen molar-refractivity contribution >= 4 is 0 Å². The van der Waals surface area contributed by atoms with Gasteiger partial charge in [-0.3, -0.25) is 4.90 Å². The fraction of sp³-hybridized carbons (Fsp3) is 0.667. The van der Waals surface area contributed by atoms with E-state index in [2.05, 4.69) is 24.0 Å². The normalized spacial score (nSPS) is 22.7. The van der Waals surface area contributed by atoms with Gasteiger partial charge in [0.15, 0.2) is 0 Å². The Morgan fingerprint density at radius 1 is 1.36 bits per heavy atom. The highest BCUT2D eigenvalue weighted by Gasteiger charge is 2.26. The number of benzene rings is 1. The van der Waals surface area contributed by atoms with Crippen LogP contribution < -0.4 is 4.74 Å². The number of likely N-dealkylation sites (tertiary alicyclic amines) is 1. The summed E-state index contributed by atoms with van der Waals surface area (Å²) in [6.45, 7) is 4.86. The first-order chi connectivity index (χ1) is 10.7. The fourth-order valence-corrected chi connectivity index (χ4v) is 3.06. The van der Waals surface area contributed by atoms with Crippen LogP contribution in [0, 0.1) is 0 Å².